The van der Waals surface area contributed by atoms with Crippen LogP contribution in [0.3, 0.4) is 0 Å². The van der Waals surface area contributed by atoms with E-state index in [2.05, 4.69) is 28.2 Å². The molecule has 1 N–H and O–H groups in total. The molecule has 0 radical (unpaired) electrons. The van der Waals surface area contributed by atoms with E-state index in [9.17, 15) is 0 Å². The first-order valence-corrected chi connectivity index (χ1v) is 4.75. The quantitative estimate of drug-likeness (QED) is 0.822. The maximum absolute atomic E-state index is 4.13. The molecule has 1 aliphatic rings. The van der Waals surface area contributed by atoms with Gasteiger partial charge in [-0.25, -0.2) is 0 Å². The molecular weight excluding hydrogens is 233 g/mol. The van der Waals surface area contributed by atoms with Crippen molar-refractivity contribution < 1.29 is 0 Å². The zero-order valence-corrected chi connectivity index (χ0v) is 10.4. The van der Waals surface area contributed by atoms with Crippen LogP contribution < -0.4 is 10.2 Å². The number of hydrogen-bond donors (Lipinski definition) is 1. The van der Waals surface area contributed by atoms with Gasteiger partial charge in [0.1, 0.15) is 0 Å². The highest BCUT2D eigenvalue weighted by Gasteiger charge is 2.17. The molecule has 15 heavy (non-hydrogen) atoms. The predicted molar refractivity (Wildman–Crippen MR) is 68.4 cm³/mol. The van der Waals surface area contributed by atoms with Crippen LogP contribution in [0, 0.1) is 0 Å². The molecule has 86 valence electrons. The van der Waals surface area contributed by atoms with Crippen molar-refractivity contribution in [3.8, 4) is 0 Å². The van der Waals surface area contributed by atoms with E-state index in [1.807, 2.05) is 18.5 Å². The van der Waals surface area contributed by atoms with Gasteiger partial charge in [0.05, 0.1) is 11.9 Å². The SMILES string of the molecule is CC1CNCCN1c1cccnc1.Cl.Cl. The van der Waals surface area contributed by atoms with Crippen LogP contribution >= 0.6 is 24.8 Å². The fourth-order valence-corrected chi connectivity index (χ4v) is 1.75. The Morgan fingerprint density at radius 1 is 1.47 bits per heavy atom. The van der Waals surface area contributed by atoms with Crippen LogP contribution in [0.25, 0.3) is 0 Å². The summed E-state index contributed by atoms with van der Waals surface area (Å²) in [4.78, 5) is 6.52. The minimum atomic E-state index is 0. The fourth-order valence-electron chi connectivity index (χ4n) is 1.75. The van der Waals surface area contributed by atoms with Gasteiger partial charge in [-0.2, -0.15) is 0 Å². The highest BCUT2D eigenvalue weighted by Crippen LogP contribution is 2.15. The number of hydrogen-bond acceptors (Lipinski definition) is 3. The Morgan fingerprint density at radius 2 is 2.27 bits per heavy atom. The van der Waals surface area contributed by atoms with E-state index in [1.165, 1.54) is 5.69 Å². The van der Waals surface area contributed by atoms with Crippen molar-refractivity contribution in [3.05, 3.63) is 24.5 Å². The molecule has 0 spiro atoms. The molecule has 2 heterocycles. The van der Waals surface area contributed by atoms with Crippen molar-refractivity contribution in [2.75, 3.05) is 24.5 Å². The van der Waals surface area contributed by atoms with E-state index < -0.39 is 0 Å². The average Bonchev–Trinajstić information content (AvgIpc) is 2.20. The Balaban J connectivity index is 0.000000980. The number of halogens is 2. The Morgan fingerprint density at radius 3 is 2.87 bits per heavy atom. The van der Waals surface area contributed by atoms with Gasteiger partial charge >= 0.3 is 0 Å². The second-order valence-electron chi connectivity index (χ2n) is 3.46. The Labute approximate surface area is 103 Å². The smallest absolute Gasteiger partial charge is 0.0556 e. The molecule has 0 bridgehead atoms. The summed E-state index contributed by atoms with van der Waals surface area (Å²) in [6, 6.07) is 4.68. The minimum Gasteiger partial charge on any atom is -0.365 e. The Kier molecular flexibility index (Phi) is 6.65. The minimum absolute atomic E-state index is 0. The van der Waals surface area contributed by atoms with E-state index in [4.69, 9.17) is 0 Å². The lowest BCUT2D eigenvalue weighted by Crippen LogP contribution is -2.49. The molecule has 3 nitrogen and oxygen atoms in total. The first kappa shape index (κ1) is 14.5. The van der Waals surface area contributed by atoms with Gasteiger partial charge in [-0.05, 0) is 19.1 Å². The molecule has 1 atom stereocenters. The first-order valence-electron chi connectivity index (χ1n) is 4.75. The number of pyridine rings is 1. The summed E-state index contributed by atoms with van der Waals surface area (Å²) in [5, 5.41) is 3.37. The molecule has 0 aliphatic carbocycles. The maximum Gasteiger partial charge on any atom is 0.0556 e. The third-order valence-corrected chi connectivity index (χ3v) is 2.48. The summed E-state index contributed by atoms with van der Waals surface area (Å²) < 4.78 is 0. The molecule has 1 aromatic rings. The number of nitrogens with zero attached hydrogens (tertiary/aromatic N) is 2. The van der Waals surface area contributed by atoms with Gasteiger partial charge < -0.3 is 10.2 Å². The fraction of sp³-hybridized carbons (Fsp3) is 0.500. The lowest BCUT2D eigenvalue weighted by molar-refractivity contribution is 0.500. The standard InChI is InChI=1S/C10H15N3.2ClH/c1-9-7-12-5-6-13(9)10-3-2-4-11-8-10;;/h2-4,8-9,12H,5-7H2,1H3;2*1H. The zero-order valence-electron chi connectivity index (χ0n) is 8.72. The van der Waals surface area contributed by atoms with Crippen LogP contribution in [0.5, 0.6) is 0 Å². The summed E-state index contributed by atoms with van der Waals surface area (Å²) in [6.45, 7) is 5.44. The van der Waals surface area contributed by atoms with Gasteiger partial charge in [-0.3, -0.25) is 4.98 Å². The number of rotatable bonds is 1. The largest absolute Gasteiger partial charge is 0.365 e. The van der Waals surface area contributed by atoms with Crippen molar-refractivity contribution in [3.63, 3.8) is 0 Å². The highest BCUT2D eigenvalue weighted by atomic mass is 35.5. The van der Waals surface area contributed by atoms with E-state index in [1.54, 1.807) is 0 Å². The molecule has 0 aromatic carbocycles. The molecule has 1 aromatic heterocycles. The van der Waals surface area contributed by atoms with Gasteiger partial charge in [-0.15, -0.1) is 24.8 Å². The summed E-state index contributed by atoms with van der Waals surface area (Å²) >= 11 is 0. The van der Waals surface area contributed by atoms with Crippen LogP contribution in [0.1, 0.15) is 6.92 Å². The Hall–Kier alpha value is -0.510. The Bertz CT molecular complexity index is 269. The second-order valence-corrected chi connectivity index (χ2v) is 3.46. The van der Waals surface area contributed by atoms with Crippen LogP contribution in [0.15, 0.2) is 24.5 Å². The van der Waals surface area contributed by atoms with Gasteiger partial charge in [0.25, 0.3) is 0 Å². The molecule has 1 aliphatic heterocycles. The normalized spacial score (nSPS) is 20.1. The highest BCUT2D eigenvalue weighted by molar-refractivity contribution is 5.85. The van der Waals surface area contributed by atoms with Crippen LogP contribution in [0.2, 0.25) is 0 Å². The first-order chi connectivity index (χ1) is 6.38. The van der Waals surface area contributed by atoms with E-state index in [0.717, 1.165) is 19.6 Å². The third kappa shape index (κ3) is 3.52. The molecule has 2 rings (SSSR count). The average molecular weight is 250 g/mol. The van der Waals surface area contributed by atoms with E-state index >= 15 is 0 Å². The van der Waals surface area contributed by atoms with Crippen molar-refractivity contribution in [2.24, 2.45) is 0 Å². The number of nitrogens with one attached hydrogen (secondary N) is 1. The van der Waals surface area contributed by atoms with Crippen molar-refractivity contribution in [1.29, 1.82) is 0 Å². The summed E-state index contributed by atoms with van der Waals surface area (Å²) in [5.74, 6) is 0. The van der Waals surface area contributed by atoms with Gasteiger partial charge in [0.2, 0.25) is 0 Å². The summed E-state index contributed by atoms with van der Waals surface area (Å²) in [5.41, 5.74) is 1.23. The van der Waals surface area contributed by atoms with Crippen LogP contribution in [0.4, 0.5) is 5.69 Å². The summed E-state index contributed by atoms with van der Waals surface area (Å²) in [7, 11) is 0. The third-order valence-electron chi connectivity index (χ3n) is 2.48. The topological polar surface area (TPSA) is 28.2 Å². The number of anilines is 1. The molecule has 1 saturated heterocycles. The molecule has 0 amide bonds. The van der Waals surface area contributed by atoms with Crippen molar-refractivity contribution >= 4 is 30.5 Å². The monoisotopic (exact) mass is 249 g/mol. The summed E-state index contributed by atoms with van der Waals surface area (Å²) in [6.07, 6.45) is 3.75. The molecule has 1 unspecified atom stereocenters. The maximum atomic E-state index is 4.13. The van der Waals surface area contributed by atoms with Gasteiger partial charge in [0, 0.05) is 31.9 Å². The number of aromatic nitrogens is 1. The van der Waals surface area contributed by atoms with Gasteiger partial charge in [-0.1, -0.05) is 0 Å². The zero-order chi connectivity index (χ0) is 9.10. The molecule has 0 saturated carbocycles. The molecular formula is C10H17Cl2N3. The predicted octanol–water partition coefficient (Wildman–Crippen LogP) is 1.72. The van der Waals surface area contributed by atoms with Gasteiger partial charge in [0.15, 0.2) is 0 Å². The number of piperazine rings is 1. The second kappa shape index (κ2) is 6.88. The van der Waals surface area contributed by atoms with Crippen molar-refractivity contribution in [2.45, 2.75) is 13.0 Å². The van der Waals surface area contributed by atoms with Crippen LogP contribution in [-0.4, -0.2) is 30.7 Å². The molecule has 1 fully saturated rings. The van der Waals surface area contributed by atoms with Crippen LogP contribution in [-0.2, 0) is 0 Å². The van der Waals surface area contributed by atoms with E-state index in [-0.39, 0.29) is 24.8 Å². The lowest BCUT2D eigenvalue weighted by atomic mass is 10.2. The molecule has 5 heteroatoms. The lowest BCUT2D eigenvalue weighted by Gasteiger charge is -2.35. The van der Waals surface area contributed by atoms with E-state index in [0.29, 0.717) is 6.04 Å². The van der Waals surface area contributed by atoms with Crippen molar-refractivity contribution in [1.82, 2.24) is 10.3 Å².